The Morgan fingerprint density at radius 1 is 1.46 bits per heavy atom. The number of thiazole rings is 1. The molecule has 3 aromatic rings. The number of hydrogen-bond acceptors (Lipinski definition) is 4. The Labute approximate surface area is 143 Å². The highest BCUT2D eigenvalue weighted by Gasteiger charge is 2.12. The van der Waals surface area contributed by atoms with Crippen LogP contribution in [-0.4, -0.2) is 27.4 Å². The zero-order chi connectivity index (χ0) is 17.1. The summed E-state index contributed by atoms with van der Waals surface area (Å²) in [7, 11) is 1.62. The van der Waals surface area contributed by atoms with Crippen molar-refractivity contribution in [3.8, 4) is 18.1 Å². The molecule has 0 fully saturated rings. The molecule has 0 atom stereocenters. The van der Waals surface area contributed by atoms with Gasteiger partial charge in [-0.05, 0) is 31.2 Å². The van der Waals surface area contributed by atoms with Crippen molar-refractivity contribution >= 4 is 27.5 Å². The van der Waals surface area contributed by atoms with Crippen LogP contribution in [0, 0.1) is 12.3 Å². The Hall–Kier alpha value is -2.85. The first-order valence-electron chi connectivity index (χ1n) is 7.39. The zero-order valence-corrected chi connectivity index (χ0v) is 14.2. The fourth-order valence-electron chi connectivity index (χ4n) is 2.42. The highest BCUT2D eigenvalue weighted by Crippen LogP contribution is 2.23. The van der Waals surface area contributed by atoms with Gasteiger partial charge in [0, 0.05) is 12.7 Å². The third-order valence-corrected chi connectivity index (χ3v) is 4.61. The highest BCUT2D eigenvalue weighted by molar-refractivity contribution is 7.16. The number of nitrogens with zero attached hydrogens (tertiary/aromatic N) is 4. The molecule has 6 nitrogen and oxygen atoms in total. The van der Waals surface area contributed by atoms with Gasteiger partial charge in [-0.15, -0.1) is 6.42 Å². The Balaban J connectivity index is 2.15. The first-order valence-corrected chi connectivity index (χ1v) is 8.21. The van der Waals surface area contributed by atoms with Gasteiger partial charge in [0.2, 0.25) is 0 Å². The third kappa shape index (κ3) is 2.84. The van der Waals surface area contributed by atoms with Crippen LogP contribution in [0.4, 0.5) is 0 Å². The quantitative estimate of drug-likeness (QED) is 0.685. The summed E-state index contributed by atoms with van der Waals surface area (Å²) in [5.41, 5.74) is 1.38. The Kier molecular flexibility index (Phi) is 4.49. The van der Waals surface area contributed by atoms with Crippen molar-refractivity contribution in [2.24, 2.45) is 4.99 Å². The maximum Gasteiger partial charge on any atom is 0.297 e. The van der Waals surface area contributed by atoms with Gasteiger partial charge in [-0.2, -0.15) is 10.1 Å². The van der Waals surface area contributed by atoms with E-state index >= 15 is 0 Å². The van der Waals surface area contributed by atoms with E-state index in [4.69, 9.17) is 11.2 Å². The van der Waals surface area contributed by atoms with E-state index in [2.05, 4.69) is 16.0 Å². The molecule has 0 saturated carbocycles. The Bertz CT molecular complexity index is 1000. The van der Waals surface area contributed by atoms with E-state index in [1.54, 1.807) is 24.1 Å². The summed E-state index contributed by atoms with van der Waals surface area (Å²) in [4.78, 5) is 17.3. The van der Waals surface area contributed by atoms with Gasteiger partial charge in [0.1, 0.15) is 11.4 Å². The van der Waals surface area contributed by atoms with Crippen molar-refractivity contribution < 1.29 is 9.53 Å². The fraction of sp³-hybridized carbons (Fsp3) is 0.235. The monoisotopic (exact) mass is 340 g/mol. The van der Waals surface area contributed by atoms with Crippen LogP contribution in [0.3, 0.4) is 0 Å². The lowest BCUT2D eigenvalue weighted by Crippen LogP contribution is -2.18. The van der Waals surface area contributed by atoms with E-state index in [1.807, 2.05) is 29.7 Å². The van der Waals surface area contributed by atoms with Crippen molar-refractivity contribution in [3.63, 3.8) is 0 Å². The molecule has 0 unspecified atom stereocenters. The summed E-state index contributed by atoms with van der Waals surface area (Å²) in [5, 5.41) is 4.11. The molecule has 0 saturated heterocycles. The van der Waals surface area contributed by atoms with Gasteiger partial charge in [0.05, 0.1) is 23.9 Å². The summed E-state index contributed by atoms with van der Waals surface area (Å²) in [6.07, 6.45) is 7.07. The summed E-state index contributed by atoms with van der Waals surface area (Å²) < 4.78 is 9.68. The molecular formula is C17H16N4O2S. The molecule has 1 amide bonds. The number of rotatable bonds is 4. The standard InChI is InChI=1S/C17H16N4O2S/c1-4-10-20-13-7-6-12(23-3)11-15(13)24-17(20)19-16(22)14-8-9-18-21(14)5-2/h1,6-9,11H,5,10H2,2-3H3. The number of carbonyl (C=O) groups excluding carboxylic acids is 1. The predicted molar refractivity (Wildman–Crippen MR) is 93.0 cm³/mol. The lowest BCUT2D eigenvalue weighted by molar-refractivity contribution is 0.0987. The SMILES string of the molecule is C#CCn1c(=NC(=O)c2ccnn2CC)sc2cc(OC)ccc21. The smallest absolute Gasteiger partial charge is 0.297 e. The van der Waals surface area contributed by atoms with Crippen LogP contribution in [-0.2, 0) is 13.1 Å². The molecule has 0 bridgehead atoms. The van der Waals surface area contributed by atoms with Crippen molar-refractivity contribution in [2.45, 2.75) is 20.0 Å². The van der Waals surface area contributed by atoms with Crippen molar-refractivity contribution in [3.05, 3.63) is 41.0 Å². The van der Waals surface area contributed by atoms with Crippen molar-refractivity contribution in [1.82, 2.24) is 14.3 Å². The summed E-state index contributed by atoms with van der Waals surface area (Å²) in [6, 6.07) is 7.35. The van der Waals surface area contributed by atoms with E-state index in [1.165, 1.54) is 11.3 Å². The van der Waals surface area contributed by atoms with Crippen LogP contribution in [0.1, 0.15) is 17.4 Å². The van der Waals surface area contributed by atoms with Crippen LogP contribution in [0.5, 0.6) is 5.75 Å². The fourth-order valence-corrected chi connectivity index (χ4v) is 3.48. The molecule has 0 aliphatic heterocycles. The number of terminal acetylenes is 1. The van der Waals surface area contributed by atoms with Crippen LogP contribution in [0.15, 0.2) is 35.5 Å². The first-order chi connectivity index (χ1) is 11.7. The molecule has 0 aliphatic rings. The van der Waals surface area contributed by atoms with E-state index in [9.17, 15) is 4.79 Å². The van der Waals surface area contributed by atoms with Crippen LogP contribution >= 0.6 is 11.3 Å². The average Bonchev–Trinajstić information content (AvgIpc) is 3.19. The number of ether oxygens (including phenoxy) is 1. The van der Waals surface area contributed by atoms with Gasteiger partial charge in [-0.25, -0.2) is 0 Å². The van der Waals surface area contributed by atoms with Crippen LogP contribution in [0.25, 0.3) is 10.2 Å². The molecule has 3 rings (SSSR count). The maximum atomic E-state index is 12.5. The average molecular weight is 340 g/mol. The minimum Gasteiger partial charge on any atom is -0.497 e. The number of aryl methyl sites for hydroxylation is 1. The molecule has 0 spiro atoms. The highest BCUT2D eigenvalue weighted by atomic mass is 32.1. The van der Waals surface area contributed by atoms with Crippen molar-refractivity contribution in [2.75, 3.05) is 7.11 Å². The topological polar surface area (TPSA) is 61.4 Å². The third-order valence-electron chi connectivity index (χ3n) is 3.57. The summed E-state index contributed by atoms with van der Waals surface area (Å²) in [5.74, 6) is 3.03. The molecule has 2 aromatic heterocycles. The summed E-state index contributed by atoms with van der Waals surface area (Å²) >= 11 is 1.40. The number of hydrogen-bond donors (Lipinski definition) is 0. The zero-order valence-electron chi connectivity index (χ0n) is 13.4. The lowest BCUT2D eigenvalue weighted by Gasteiger charge is -2.02. The van der Waals surface area contributed by atoms with Gasteiger partial charge >= 0.3 is 0 Å². The number of methoxy groups -OCH3 is 1. The molecule has 2 heterocycles. The van der Waals surface area contributed by atoms with Crippen LogP contribution in [0.2, 0.25) is 0 Å². The number of amides is 1. The van der Waals surface area contributed by atoms with Crippen molar-refractivity contribution in [1.29, 1.82) is 0 Å². The Morgan fingerprint density at radius 3 is 3.00 bits per heavy atom. The number of aromatic nitrogens is 3. The van der Waals surface area contributed by atoms with E-state index in [0.717, 1.165) is 16.0 Å². The first kappa shape index (κ1) is 16.0. The normalized spacial score (nSPS) is 11.6. The van der Waals surface area contributed by atoms with E-state index in [0.29, 0.717) is 23.6 Å². The van der Waals surface area contributed by atoms with Gasteiger partial charge in [-0.1, -0.05) is 17.3 Å². The minimum absolute atomic E-state index is 0.335. The second-order valence-electron chi connectivity index (χ2n) is 4.96. The number of benzene rings is 1. The molecule has 0 N–H and O–H groups in total. The number of carbonyl (C=O) groups is 1. The minimum atomic E-state index is -0.335. The molecule has 0 aliphatic carbocycles. The maximum absolute atomic E-state index is 12.5. The lowest BCUT2D eigenvalue weighted by atomic mass is 10.3. The van der Waals surface area contributed by atoms with Gasteiger partial charge in [0.15, 0.2) is 4.80 Å². The second kappa shape index (κ2) is 6.72. The second-order valence-corrected chi connectivity index (χ2v) is 5.97. The molecule has 0 radical (unpaired) electrons. The largest absolute Gasteiger partial charge is 0.497 e. The molecular weight excluding hydrogens is 324 g/mol. The van der Waals surface area contributed by atoms with E-state index in [-0.39, 0.29) is 5.91 Å². The molecule has 1 aromatic carbocycles. The number of fused-ring (bicyclic) bond motifs is 1. The molecule has 24 heavy (non-hydrogen) atoms. The van der Waals surface area contributed by atoms with Crippen LogP contribution < -0.4 is 9.54 Å². The molecule has 7 heteroatoms. The Morgan fingerprint density at radius 2 is 2.29 bits per heavy atom. The van der Waals surface area contributed by atoms with E-state index < -0.39 is 0 Å². The predicted octanol–water partition coefficient (Wildman–Crippen LogP) is 2.30. The van der Waals surface area contributed by atoms with Gasteiger partial charge in [0.25, 0.3) is 5.91 Å². The molecule has 122 valence electrons. The van der Waals surface area contributed by atoms with Gasteiger partial charge < -0.3 is 9.30 Å². The van der Waals surface area contributed by atoms with Gasteiger partial charge in [-0.3, -0.25) is 9.48 Å². The summed E-state index contributed by atoms with van der Waals surface area (Å²) in [6.45, 7) is 2.87.